The summed E-state index contributed by atoms with van der Waals surface area (Å²) in [4.78, 5) is 17.0. The molecule has 0 saturated carbocycles. The number of ether oxygens (including phenoxy) is 1. The summed E-state index contributed by atoms with van der Waals surface area (Å²) in [6.45, 7) is 0. The zero-order valence-corrected chi connectivity index (χ0v) is 15.7. The zero-order chi connectivity index (χ0) is 17.6. The fourth-order valence-electron chi connectivity index (χ4n) is 2.41. The molecule has 25 heavy (non-hydrogen) atoms. The molecule has 0 atom stereocenters. The van der Waals surface area contributed by atoms with Gasteiger partial charge in [-0.25, -0.2) is 9.79 Å². The SMILES string of the molecule is O=C1OC(c2sc3cc(Br)ccc3c2Cl)=N/C1=C/c1ccc(O)cc1. The van der Waals surface area contributed by atoms with E-state index in [9.17, 15) is 9.90 Å². The van der Waals surface area contributed by atoms with Crippen LogP contribution in [0.3, 0.4) is 0 Å². The predicted molar refractivity (Wildman–Crippen MR) is 103 cm³/mol. The predicted octanol–water partition coefficient (Wildman–Crippen LogP) is 5.37. The van der Waals surface area contributed by atoms with Crippen molar-refractivity contribution < 1.29 is 14.6 Å². The molecule has 1 aromatic heterocycles. The van der Waals surface area contributed by atoms with Gasteiger partial charge in [0, 0.05) is 14.6 Å². The molecule has 0 spiro atoms. The Balaban J connectivity index is 1.75. The van der Waals surface area contributed by atoms with Crippen LogP contribution in [0.15, 0.2) is 57.6 Å². The number of aromatic hydroxyl groups is 1. The van der Waals surface area contributed by atoms with Crippen LogP contribution in [0.2, 0.25) is 5.02 Å². The minimum Gasteiger partial charge on any atom is -0.508 e. The molecule has 124 valence electrons. The highest BCUT2D eigenvalue weighted by molar-refractivity contribution is 9.10. The monoisotopic (exact) mass is 433 g/mol. The maximum absolute atomic E-state index is 12.1. The van der Waals surface area contributed by atoms with Gasteiger partial charge in [-0.3, -0.25) is 0 Å². The second kappa shape index (κ2) is 6.29. The summed E-state index contributed by atoms with van der Waals surface area (Å²) in [5.74, 6) is -0.168. The third kappa shape index (κ3) is 3.08. The van der Waals surface area contributed by atoms with E-state index in [1.165, 1.54) is 23.5 Å². The number of benzene rings is 2. The van der Waals surface area contributed by atoms with E-state index in [4.69, 9.17) is 16.3 Å². The lowest BCUT2D eigenvalue weighted by Gasteiger charge is -1.95. The van der Waals surface area contributed by atoms with E-state index in [0.717, 1.165) is 20.1 Å². The summed E-state index contributed by atoms with van der Waals surface area (Å²) >= 11 is 11.3. The van der Waals surface area contributed by atoms with E-state index in [1.807, 2.05) is 18.2 Å². The molecule has 2 aromatic carbocycles. The second-order valence-corrected chi connectivity index (χ2v) is 7.66. The molecular formula is C18H9BrClNO3S. The molecule has 1 aliphatic heterocycles. The number of aliphatic imine (C=N–C) groups is 1. The van der Waals surface area contributed by atoms with Gasteiger partial charge in [-0.05, 0) is 35.9 Å². The maximum Gasteiger partial charge on any atom is 0.363 e. The number of halogens is 2. The first-order chi connectivity index (χ1) is 12.0. The number of phenols is 1. The number of hydrogen-bond donors (Lipinski definition) is 1. The lowest BCUT2D eigenvalue weighted by molar-refractivity contribution is -0.129. The number of thiophene rings is 1. The van der Waals surface area contributed by atoms with Gasteiger partial charge in [-0.2, -0.15) is 0 Å². The lowest BCUT2D eigenvalue weighted by Crippen LogP contribution is -2.04. The highest BCUT2D eigenvalue weighted by Crippen LogP contribution is 2.38. The van der Waals surface area contributed by atoms with Crippen molar-refractivity contribution in [3.63, 3.8) is 0 Å². The Morgan fingerprint density at radius 3 is 2.72 bits per heavy atom. The van der Waals surface area contributed by atoms with Gasteiger partial charge in [0.05, 0.1) is 5.02 Å². The van der Waals surface area contributed by atoms with Crippen molar-refractivity contribution in [2.24, 2.45) is 4.99 Å². The van der Waals surface area contributed by atoms with Crippen LogP contribution in [0.5, 0.6) is 5.75 Å². The summed E-state index contributed by atoms with van der Waals surface area (Å²) in [7, 11) is 0. The molecule has 4 nitrogen and oxygen atoms in total. The van der Waals surface area contributed by atoms with Crippen molar-refractivity contribution >= 4 is 66.9 Å². The fraction of sp³-hybridized carbons (Fsp3) is 0. The van der Waals surface area contributed by atoms with Crippen molar-refractivity contribution in [3.8, 4) is 5.75 Å². The molecule has 1 N–H and O–H groups in total. The maximum atomic E-state index is 12.1. The normalized spacial score (nSPS) is 15.7. The van der Waals surface area contributed by atoms with Crippen LogP contribution in [-0.2, 0) is 9.53 Å². The van der Waals surface area contributed by atoms with Crippen LogP contribution < -0.4 is 0 Å². The lowest BCUT2D eigenvalue weighted by atomic mass is 10.2. The number of hydrogen-bond acceptors (Lipinski definition) is 5. The van der Waals surface area contributed by atoms with Crippen molar-refractivity contribution in [3.05, 3.63) is 68.1 Å². The Labute approximate surface area is 160 Å². The van der Waals surface area contributed by atoms with E-state index >= 15 is 0 Å². The molecule has 0 saturated heterocycles. The zero-order valence-electron chi connectivity index (χ0n) is 12.5. The number of rotatable bonds is 2. The molecule has 2 heterocycles. The van der Waals surface area contributed by atoms with Gasteiger partial charge < -0.3 is 9.84 Å². The number of fused-ring (bicyclic) bond motifs is 1. The smallest absolute Gasteiger partial charge is 0.363 e. The van der Waals surface area contributed by atoms with Crippen LogP contribution in [0, 0.1) is 0 Å². The van der Waals surface area contributed by atoms with Gasteiger partial charge in [0.2, 0.25) is 5.90 Å². The summed E-state index contributed by atoms with van der Waals surface area (Å²) < 4.78 is 7.23. The fourth-order valence-corrected chi connectivity index (χ4v) is 4.40. The molecule has 0 fully saturated rings. The van der Waals surface area contributed by atoms with Crippen molar-refractivity contribution in [1.29, 1.82) is 0 Å². The van der Waals surface area contributed by atoms with E-state index in [0.29, 0.717) is 9.90 Å². The first kappa shape index (κ1) is 16.3. The Bertz CT molecular complexity index is 1070. The topological polar surface area (TPSA) is 58.9 Å². The van der Waals surface area contributed by atoms with Gasteiger partial charge >= 0.3 is 5.97 Å². The average molecular weight is 435 g/mol. The van der Waals surface area contributed by atoms with Gasteiger partial charge in [-0.1, -0.05) is 45.7 Å². The molecule has 7 heteroatoms. The Morgan fingerprint density at radius 1 is 1.20 bits per heavy atom. The largest absolute Gasteiger partial charge is 0.508 e. The molecular weight excluding hydrogens is 426 g/mol. The standard InChI is InChI=1S/C18H9BrClNO3S/c19-10-3-6-12-14(8-10)25-16(15(12)20)17-21-13(18(23)24-17)7-9-1-4-11(22)5-2-9/h1-8,22H/b13-7+. The Morgan fingerprint density at radius 2 is 1.96 bits per heavy atom. The summed E-state index contributed by atoms with van der Waals surface area (Å²) in [6, 6.07) is 12.2. The van der Waals surface area contributed by atoms with Crippen molar-refractivity contribution in [2.75, 3.05) is 0 Å². The number of cyclic esters (lactones) is 1. The van der Waals surface area contributed by atoms with Crippen molar-refractivity contribution in [2.45, 2.75) is 0 Å². The van der Waals surface area contributed by atoms with Gasteiger partial charge in [-0.15, -0.1) is 11.3 Å². The van der Waals surface area contributed by atoms with E-state index < -0.39 is 5.97 Å². The molecule has 0 radical (unpaired) electrons. The highest BCUT2D eigenvalue weighted by atomic mass is 79.9. The average Bonchev–Trinajstić information content (AvgIpc) is 3.10. The van der Waals surface area contributed by atoms with Crippen LogP contribution in [0.4, 0.5) is 0 Å². The Hall–Kier alpha value is -2.15. The number of esters is 1. The summed E-state index contributed by atoms with van der Waals surface area (Å²) in [5.41, 5.74) is 0.927. The number of nitrogens with zero attached hydrogens (tertiary/aromatic N) is 1. The molecule has 4 rings (SSSR count). The van der Waals surface area contributed by atoms with Gasteiger partial charge in [0.15, 0.2) is 5.70 Å². The summed E-state index contributed by atoms with van der Waals surface area (Å²) in [5, 5.41) is 10.7. The minimum atomic E-state index is -0.530. The molecule has 0 bridgehead atoms. The van der Waals surface area contributed by atoms with Gasteiger partial charge in [0.25, 0.3) is 0 Å². The number of phenolic OH excluding ortho intramolecular Hbond substituents is 1. The molecule has 0 amide bonds. The van der Waals surface area contributed by atoms with E-state index in [2.05, 4.69) is 20.9 Å². The van der Waals surface area contributed by atoms with Crippen LogP contribution in [-0.4, -0.2) is 17.0 Å². The number of carbonyl (C=O) groups is 1. The third-order valence-corrected chi connectivity index (χ3v) is 5.74. The van der Waals surface area contributed by atoms with E-state index in [1.54, 1.807) is 18.2 Å². The first-order valence-electron chi connectivity index (χ1n) is 7.21. The third-order valence-electron chi connectivity index (χ3n) is 3.60. The molecule has 3 aromatic rings. The van der Waals surface area contributed by atoms with Crippen LogP contribution in [0.1, 0.15) is 10.4 Å². The Kier molecular flexibility index (Phi) is 4.11. The minimum absolute atomic E-state index is 0.156. The first-order valence-corrected chi connectivity index (χ1v) is 9.19. The van der Waals surface area contributed by atoms with Crippen LogP contribution >= 0.6 is 38.9 Å². The molecule has 0 unspecified atom stereocenters. The molecule has 0 aliphatic carbocycles. The van der Waals surface area contributed by atoms with E-state index in [-0.39, 0.29) is 17.3 Å². The van der Waals surface area contributed by atoms with Crippen LogP contribution in [0.25, 0.3) is 16.2 Å². The van der Waals surface area contributed by atoms with Gasteiger partial charge in [0.1, 0.15) is 10.6 Å². The number of carbonyl (C=O) groups excluding carboxylic acids is 1. The quantitative estimate of drug-likeness (QED) is 0.436. The summed E-state index contributed by atoms with van der Waals surface area (Å²) in [6.07, 6.45) is 1.60. The highest BCUT2D eigenvalue weighted by Gasteiger charge is 2.28. The molecule has 1 aliphatic rings. The second-order valence-electron chi connectivity index (χ2n) is 5.31. The van der Waals surface area contributed by atoms with Crippen molar-refractivity contribution in [1.82, 2.24) is 0 Å².